The van der Waals surface area contributed by atoms with Crippen LogP contribution in [0.1, 0.15) is 24.6 Å². The zero-order valence-electron chi connectivity index (χ0n) is 22.1. The van der Waals surface area contributed by atoms with E-state index in [0.29, 0.717) is 47.0 Å². The van der Waals surface area contributed by atoms with Crippen LogP contribution in [0.5, 0.6) is 11.5 Å². The van der Waals surface area contributed by atoms with Gasteiger partial charge in [-0.3, -0.25) is 9.67 Å². The summed E-state index contributed by atoms with van der Waals surface area (Å²) in [4.78, 5) is 13.4. The summed E-state index contributed by atoms with van der Waals surface area (Å²) in [5.74, 6) is -0.213. The van der Waals surface area contributed by atoms with E-state index in [9.17, 15) is 8.78 Å². The molecule has 0 saturated heterocycles. The van der Waals surface area contributed by atoms with Gasteiger partial charge in [0.05, 0.1) is 31.5 Å². The lowest BCUT2D eigenvalue weighted by atomic mass is 10.1. The predicted molar refractivity (Wildman–Crippen MR) is 147 cm³/mol. The van der Waals surface area contributed by atoms with Crippen molar-refractivity contribution in [3.63, 3.8) is 0 Å². The molecule has 0 amide bonds. The number of nitrogens with one attached hydrogen (secondary N) is 1. The van der Waals surface area contributed by atoms with Crippen LogP contribution in [0.2, 0.25) is 0 Å². The van der Waals surface area contributed by atoms with Crippen molar-refractivity contribution in [3.8, 4) is 23.0 Å². The summed E-state index contributed by atoms with van der Waals surface area (Å²) in [7, 11) is 0. The average Bonchev–Trinajstić information content (AvgIpc) is 3.30. The minimum atomic E-state index is -0.718. The van der Waals surface area contributed by atoms with Crippen LogP contribution in [-0.2, 0) is 6.54 Å². The number of ether oxygens (including phenoxy) is 2. The summed E-state index contributed by atoms with van der Waals surface area (Å²) in [5.41, 5.74) is 2.54. The number of aryl methyl sites for hydroxylation is 1. The number of hydrogen-bond donors (Lipinski definition) is 2. The molecule has 2 N–H and O–H groups in total. The minimum Gasteiger partial charge on any atom is -0.494 e. The molecule has 0 aliphatic heterocycles. The Balaban J connectivity index is 1.55. The van der Waals surface area contributed by atoms with Gasteiger partial charge in [-0.25, -0.2) is 18.7 Å². The van der Waals surface area contributed by atoms with Crippen LogP contribution < -0.4 is 14.8 Å². The van der Waals surface area contributed by atoms with Crippen LogP contribution in [0.25, 0.3) is 22.4 Å². The Bertz CT molecular complexity index is 1620. The summed E-state index contributed by atoms with van der Waals surface area (Å²) in [6.45, 7) is 4.05. The van der Waals surface area contributed by atoms with E-state index >= 15 is 0 Å². The molecule has 3 heterocycles. The summed E-state index contributed by atoms with van der Waals surface area (Å²) < 4.78 is 42.4. The molecular formula is C29H28F2N6O3. The van der Waals surface area contributed by atoms with Crippen molar-refractivity contribution in [1.29, 1.82) is 0 Å². The van der Waals surface area contributed by atoms with Gasteiger partial charge in [-0.15, -0.1) is 0 Å². The number of benzene rings is 2. The molecule has 0 bridgehead atoms. The van der Waals surface area contributed by atoms with Crippen molar-refractivity contribution in [1.82, 2.24) is 24.7 Å². The SMILES string of the molecule is CCOc1cc(F)c(Cn2nc(-c3ncc(OCCCO)c(Nc4ccnc(C)c4)n3)c3ccccc32)c(F)c1. The van der Waals surface area contributed by atoms with Crippen LogP contribution >= 0.6 is 0 Å². The van der Waals surface area contributed by atoms with E-state index in [1.54, 1.807) is 19.2 Å². The lowest BCUT2D eigenvalue weighted by molar-refractivity contribution is 0.233. The Hall–Kier alpha value is -4.64. The monoisotopic (exact) mass is 546 g/mol. The number of anilines is 2. The van der Waals surface area contributed by atoms with E-state index in [4.69, 9.17) is 19.6 Å². The molecule has 0 spiro atoms. The zero-order valence-corrected chi connectivity index (χ0v) is 22.1. The van der Waals surface area contributed by atoms with Gasteiger partial charge in [0.25, 0.3) is 0 Å². The number of halogens is 2. The maximum atomic E-state index is 14.9. The van der Waals surface area contributed by atoms with Crippen molar-refractivity contribution in [2.24, 2.45) is 0 Å². The van der Waals surface area contributed by atoms with E-state index in [1.807, 2.05) is 37.3 Å². The van der Waals surface area contributed by atoms with Crippen LogP contribution in [0.15, 0.2) is 60.9 Å². The smallest absolute Gasteiger partial charge is 0.183 e. The fourth-order valence-corrected chi connectivity index (χ4v) is 4.23. The molecule has 0 saturated carbocycles. The fraction of sp³-hybridized carbons (Fsp3) is 0.241. The minimum absolute atomic E-state index is 0.00970. The van der Waals surface area contributed by atoms with Gasteiger partial charge in [-0.05, 0) is 32.0 Å². The largest absolute Gasteiger partial charge is 0.494 e. The van der Waals surface area contributed by atoms with Crippen LogP contribution in [0, 0.1) is 18.6 Å². The molecule has 3 aromatic heterocycles. The van der Waals surface area contributed by atoms with E-state index < -0.39 is 11.6 Å². The van der Waals surface area contributed by atoms with Crippen molar-refractivity contribution >= 4 is 22.4 Å². The summed E-state index contributed by atoms with van der Waals surface area (Å²) >= 11 is 0. The Morgan fingerprint density at radius 2 is 1.82 bits per heavy atom. The maximum absolute atomic E-state index is 14.9. The first-order valence-corrected chi connectivity index (χ1v) is 12.8. The van der Waals surface area contributed by atoms with E-state index in [-0.39, 0.29) is 31.1 Å². The summed E-state index contributed by atoms with van der Waals surface area (Å²) in [6, 6.07) is 13.4. The second-order valence-electron chi connectivity index (χ2n) is 8.96. The van der Waals surface area contributed by atoms with Gasteiger partial charge in [-0.2, -0.15) is 5.10 Å². The molecule has 5 aromatic rings. The lowest BCUT2D eigenvalue weighted by Gasteiger charge is -2.13. The number of para-hydroxylation sites is 1. The molecule has 5 rings (SSSR count). The molecule has 0 unspecified atom stereocenters. The molecule has 206 valence electrons. The molecule has 0 radical (unpaired) electrons. The Kier molecular flexibility index (Phi) is 8.11. The Labute approximate surface area is 229 Å². The van der Waals surface area contributed by atoms with E-state index in [2.05, 4.69) is 20.4 Å². The van der Waals surface area contributed by atoms with Gasteiger partial charge in [0.15, 0.2) is 17.4 Å². The average molecular weight is 547 g/mol. The normalized spacial score (nSPS) is 11.1. The highest BCUT2D eigenvalue weighted by Crippen LogP contribution is 2.32. The van der Waals surface area contributed by atoms with Crippen LogP contribution in [0.3, 0.4) is 0 Å². The third-order valence-corrected chi connectivity index (χ3v) is 6.08. The van der Waals surface area contributed by atoms with Crippen LogP contribution in [0.4, 0.5) is 20.3 Å². The second kappa shape index (κ2) is 12.0. The Morgan fingerprint density at radius 3 is 2.58 bits per heavy atom. The summed E-state index contributed by atoms with van der Waals surface area (Å²) in [5, 5.41) is 17.8. The van der Waals surface area contributed by atoms with Crippen molar-refractivity contribution < 1.29 is 23.4 Å². The number of fused-ring (bicyclic) bond motifs is 1. The van der Waals surface area contributed by atoms with Gasteiger partial charge in [0.1, 0.15) is 23.1 Å². The molecule has 0 fully saturated rings. The third kappa shape index (κ3) is 5.84. The van der Waals surface area contributed by atoms with Gasteiger partial charge >= 0.3 is 0 Å². The highest BCUT2D eigenvalue weighted by Gasteiger charge is 2.20. The van der Waals surface area contributed by atoms with Gasteiger partial charge < -0.3 is 19.9 Å². The number of hydrogen-bond acceptors (Lipinski definition) is 8. The molecule has 0 aliphatic carbocycles. The number of aromatic nitrogens is 5. The maximum Gasteiger partial charge on any atom is 0.183 e. The lowest BCUT2D eigenvalue weighted by Crippen LogP contribution is -2.08. The standard InChI is InChI=1S/C29H28F2N6O3/c1-3-39-20-14-23(30)22(24(31)15-20)17-37-25-8-5-4-7-21(25)27(36-37)29-33-16-26(40-12-6-11-38)28(35-29)34-19-9-10-32-18(2)13-19/h4-5,7-10,13-16,38H,3,6,11-12,17H2,1-2H3,(H,32,33,34,35). The Morgan fingerprint density at radius 1 is 1.02 bits per heavy atom. The molecule has 2 aromatic carbocycles. The molecular weight excluding hydrogens is 518 g/mol. The van der Waals surface area contributed by atoms with Crippen molar-refractivity contribution in [2.75, 3.05) is 25.1 Å². The zero-order chi connectivity index (χ0) is 28.1. The first-order valence-electron chi connectivity index (χ1n) is 12.8. The number of aliphatic hydroxyl groups excluding tert-OH is 1. The molecule has 0 atom stereocenters. The number of aliphatic hydroxyl groups is 1. The van der Waals surface area contributed by atoms with Gasteiger partial charge in [0.2, 0.25) is 0 Å². The summed E-state index contributed by atoms with van der Waals surface area (Å²) in [6.07, 6.45) is 3.67. The first kappa shape index (κ1) is 26.9. The molecule has 40 heavy (non-hydrogen) atoms. The molecule has 0 aliphatic rings. The number of pyridine rings is 1. The predicted octanol–water partition coefficient (Wildman–Crippen LogP) is 5.43. The van der Waals surface area contributed by atoms with E-state index in [0.717, 1.165) is 11.4 Å². The molecule has 9 nitrogen and oxygen atoms in total. The van der Waals surface area contributed by atoms with Crippen LogP contribution in [-0.4, -0.2) is 49.7 Å². The molecule has 11 heteroatoms. The number of nitrogens with zero attached hydrogens (tertiary/aromatic N) is 5. The second-order valence-corrected chi connectivity index (χ2v) is 8.96. The topological polar surface area (TPSA) is 107 Å². The van der Waals surface area contributed by atoms with Gasteiger partial charge in [0, 0.05) is 53.7 Å². The number of rotatable bonds is 11. The van der Waals surface area contributed by atoms with Gasteiger partial charge in [-0.1, -0.05) is 18.2 Å². The highest BCUT2D eigenvalue weighted by molar-refractivity contribution is 5.92. The third-order valence-electron chi connectivity index (χ3n) is 6.08. The first-order chi connectivity index (χ1) is 19.5. The van der Waals surface area contributed by atoms with Crippen molar-refractivity contribution in [3.05, 3.63) is 83.8 Å². The van der Waals surface area contributed by atoms with Crippen molar-refractivity contribution in [2.45, 2.75) is 26.8 Å². The highest BCUT2D eigenvalue weighted by atomic mass is 19.1. The fourth-order valence-electron chi connectivity index (χ4n) is 4.23. The van der Waals surface area contributed by atoms with E-state index in [1.165, 1.54) is 23.0 Å². The quantitative estimate of drug-likeness (QED) is 0.211.